The number of fused-ring (bicyclic) bond motifs is 1. The Bertz CT molecular complexity index is 1240. The number of rotatable bonds is 6. The van der Waals surface area contributed by atoms with Gasteiger partial charge in [-0.25, -0.2) is 15.0 Å². The lowest BCUT2D eigenvalue weighted by atomic mass is 10.1. The highest BCUT2D eigenvalue weighted by Gasteiger charge is 2.23. The number of nitrogens with zero attached hydrogens (tertiary/aromatic N) is 7. The van der Waals surface area contributed by atoms with Crippen molar-refractivity contribution in [2.45, 2.75) is 19.9 Å². The first-order valence-electron chi connectivity index (χ1n) is 11.0. The van der Waals surface area contributed by atoms with Gasteiger partial charge < -0.3 is 19.3 Å². The first-order valence-corrected chi connectivity index (χ1v) is 11.0. The highest BCUT2D eigenvalue weighted by atomic mass is 16.5. The van der Waals surface area contributed by atoms with Gasteiger partial charge in [0.05, 0.1) is 25.5 Å². The minimum absolute atomic E-state index is 0.0443. The second kappa shape index (κ2) is 8.68. The average molecular weight is 434 g/mol. The molecule has 9 nitrogen and oxygen atoms in total. The van der Waals surface area contributed by atoms with Gasteiger partial charge in [0, 0.05) is 50.4 Å². The number of imidazole rings is 1. The van der Waals surface area contributed by atoms with Gasteiger partial charge in [0.1, 0.15) is 5.82 Å². The van der Waals surface area contributed by atoms with Crippen molar-refractivity contribution in [3.8, 4) is 22.6 Å². The van der Waals surface area contributed by atoms with Crippen LogP contribution in [0.25, 0.3) is 33.8 Å². The molecule has 9 heteroatoms. The molecule has 0 unspecified atom stereocenters. The zero-order valence-corrected chi connectivity index (χ0v) is 18.4. The third-order valence-electron chi connectivity index (χ3n) is 5.75. The summed E-state index contributed by atoms with van der Waals surface area (Å²) >= 11 is 0. The summed E-state index contributed by atoms with van der Waals surface area (Å²) in [6.45, 7) is 5.67. The summed E-state index contributed by atoms with van der Waals surface area (Å²) in [5.74, 6) is 2.30. The molecule has 32 heavy (non-hydrogen) atoms. The molecule has 1 N–H and O–H groups in total. The maximum atomic E-state index is 9.53. The fraction of sp³-hybridized carbons (Fsp3) is 0.391. The van der Waals surface area contributed by atoms with Crippen LogP contribution in [-0.4, -0.2) is 67.3 Å². The number of morpholine rings is 1. The van der Waals surface area contributed by atoms with Gasteiger partial charge in [-0.05, 0) is 19.1 Å². The highest BCUT2D eigenvalue weighted by molar-refractivity contribution is 5.86. The molecule has 0 saturated carbocycles. The molecule has 1 fully saturated rings. The monoisotopic (exact) mass is 433 g/mol. The van der Waals surface area contributed by atoms with Crippen LogP contribution in [0.4, 0.5) is 5.82 Å². The summed E-state index contributed by atoms with van der Waals surface area (Å²) in [6, 6.07) is 10.2. The number of benzene rings is 1. The quantitative estimate of drug-likeness (QED) is 0.499. The molecule has 1 aliphatic heterocycles. The van der Waals surface area contributed by atoms with Crippen LogP contribution < -0.4 is 4.90 Å². The van der Waals surface area contributed by atoms with E-state index >= 15 is 0 Å². The maximum Gasteiger partial charge on any atom is 0.166 e. The number of ether oxygens (including phenoxy) is 1. The van der Waals surface area contributed by atoms with Gasteiger partial charge in [-0.3, -0.25) is 4.68 Å². The number of aromatic nitrogens is 6. The summed E-state index contributed by atoms with van der Waals surface area (Å²) in [7, 11) is 1.91. The van der Waals surface area contributed by atoms with Crippen LogP contribution >= 0.6 is 0 Å². The van der Waals surface area contributed by atoms with E-state index in [2.05, 4.69) is 27.6 Å². The third-order valence-corrected chi connectivity index (χ3v) is 5.75. The molecule has 166 valence electrons. The van der Waals surface area contributed by atoms with E-state index in [1.165, 1.54) is 0 Å². The minimum atomic E-state index is 0.0443. The second-order valence-corrected chi connectivity index (χ2v) is 7.84. The SMILES string of the molecule is CCn1c(CCO)nc2c(N3CCOCC3)nc(-c3cccc(-c4ccn(C)n4)c3)nc21. The molecular weight excluding hydrogens is 406 g/mol. The van der Waals surface area contributed by atoms with Crippen LogP contribution in [0.3, 0.4) is 0 Å². The summed E-state index contributed by atoms with van der Waals surface area (Å²) in [5, 5.41) is 14.1. The summed E-state index contributed by atoms with van der Waals surface area (Å²) < 4.78 is 9.42. The molecule has 0 aliphatic carbocycles. The molecule has 1 aliphatic rings. The highest BCUT2D eigenvalue weighted by Crippen LogP contribution is 2.30. The molecule has 4 heterocycles. The first kappa shape index (κ1) is 20.6. The molecule has 1 saturated heterocycles. The smallest absolute Gasteiger partial charge is 0.166 e. The maximum absolute atomic E-state index is 9.53. The van der Waals surface area contributed by atoms with Crippen molar-refractivity contribution < 1.29 is 9.84 Å². The Hall–Kier alpha value is -3.30. The van der Waals surface area contributed by atoms with Crippen molar-refractivity contribution in [2.75, 3.05) is 37.8 Å². The zero-order valence-electron chi connectivity index (χ0n) is 18.4. The fourth-order valence-electron chi connectivity index (χ4n) is 4.17. The van der Waals surface area contributed by atoms with Crippen molar-refractivity contribution in [1.29, 1.82) is 0 Å². The Kier molecular flexibility index (Phi) is 5.59. The van der Waals surface area contributed by atoms with Gasteiger partial charge in [-0.1, -0.05) is 18.2 Å². The van der Waals surface area contributed by atoms with Gasteiger partial charge in [0.2, 0.25) is 0 Å². The largest absolute Gasteiger partial charge is 0.396 e. The van der Waals surface area contributed by atoms with Gasteiger partial charge in [0.25, 0.3) is 0 Å². The number of hydrogen-bond acceptors (Lipinski definition) is 7. The standard InChI is InChI=1S/C23H27N7O2/c1-3-30-19(8-12-31)24-20-22(29-10-13-32-14-11-29)25-21(26-23(20)30)17-6-4-5-16(15-17)18-7-9-28(2)27-18/h4-7,9,15,31H,3,8,10-14H2,1-2H3. The minimum Gasteiger partial charge on any atom is -0.396 e. The second-order valence-electron chi connectivity index (χ2n) is 7.84. The van der Waals surface area contributed by atoms with E-state index in [1.54, 1.807) is 4.68 Å². The molecular formula is C23H27N7O2. The molecule has 0 bridgehead atoms. The van der Waals surface area contributed by atoms with Crippen LogP contribution in [0.5, 0.6) is 0 Å². The Morgan fingerprint density at radius 2 is 1.88 bits per heavy atom. The van der Waals surface area contributed by atoms with Gasteiger partial charge >= 0.3 is 0 Å². The Morgan fingerprint density at radius 3 is 2.59 bits per heavy atom. The molecule has 1 aromatic carbocycles. The van der Waals surface area contributed by atoms with Crippen molar-refractivity contribution in [3.05, 3.63) is 42.4 Å². The molecule has 0 radical (unpaired) electrons. The summed E-state index contributed by atoms with van der Waals surface area (Å²) in [6.07, 6.45) is 2.42. The van der Waals surface area contributed by atoms with Crippen molar-refractivity contribution >= 4 is 17.0 Å². The van der Waals surface area contributed by atoms with Crippen LogP contribution in [-0.2, 0) is 24.8 Å². The molecule has 0 atom stereocenters. The van der Waals surface area contributed by atoms with Crippen molar-refractivity contribution in [2.24, 2.45) is 7.05 Å². The number of aliphatic hydroxyl groups excluding tert-OH is 1. The predicted octanol–water partition coefficient (Wildman–Crippen LogP) is 2.29. The van der Waals surface area contributed by atoms with Gasteiger partial charge in [-0.2, -0.15) is 5.10 Å². The predicted molar refractivity (Wildman–Crippen MR) is 122 cm³/mol. The Morgan fingerprint density at radius 1 is 1.06 bits per heavy atom. The van der Waals surface area contributed by atoms with Crippen molar-refractivity contribution in [1.82, 2.24) is 29.3 Å². The van der Waals surface area contributed by atoms with Gasteiger partial charge in [0.15, 0.2) is 22.8 Å². The lowest BCUT2D eigenvalue weighted by Gasteiger charge is -2.28. The number of aliphatic hydroxyl groups is 1. The lowest BCUT2D eigenvalue weighted by molar-refractivity contribution is 0.122. The zero-order chi connectivity index (χ0) is 22.1. The van der Waals surface area contributed by atoms with E-state index in [-0.39, 0.29) is 6.61 Å². The van der Waals surface area contributed by atoms with E-state index in [1.807, 2.05) is 37.5 Å². The van der Waals surface area contributed by atoms with E-state index in [4.69, 9.17) is 19.7 Å². The number of hydrogen-bond donors (Lipinski definition) is 1. The topological polar surface area (TPSA) is 94.1 Å². The number of aryl methyl sites for hydroxylation is 2. The summed E-state index contributed by atoms with van der Waals surface area (Å²) in [5.41, 5.74) is 4.43. The average Bonchev–Trinajstić information content (AvgIpc) is 3.42. The van der Waals surface area contributed by atoms with Gasteiger partial charge in [-0.15, -0.1) is 0 Å². The van der Waals surface area contributed by atoms with Crippen LogP contribution in [0.15, 0.2) is 36.5 Å². The molecule has 4 aromatic rings. The first-order chi connectivity index (χ1) is 15.7. The normalized spacial score (nSPS) is 14.4. The van der Waals surface area contributed by atoms with E-state index in [0.29, 0.717) is 25.5 Å². The molecule has 3 aromatic heterocycles. The third kappa shape index (κ3) is 3.74. The van der Waals surface area contributed by atoms with Crippen LogP contribution in [0.1, 0.15) is 12.7 Å². The van der Waals surface area contributed by atoms with E-state index < -0.39 is 0 Å². The fourth-order valence-corrected chi connectivity index (χ4v) is 4.17. The van der Waals surface area contributed by atoms with Crippen molar-refractivity contribution in [3.63, 3.8) is 0 Å². The lowest BCUT2D eigenvalue weighted by Crippen LogP contribution is -2.37. The van der Waals surface area contributed by atoms with Crippen LogP contribution in [0.2, 0.25) is 0 Å². The Balaban J connectivity index is 1.68. The number of anilines is 1. The summed E-state index contributed by atoms with van der Waals surface area (Å²) in [4.78, 5) is 17.0. The van der Waals surface area contributed by atoms with E-state index in [9.17, 15) is 5.11 Å². The molecule has 5 rings (SSSR count). The Labute approximate surface area is 186 Å². The molecule has 0 spiro atoms. The molecule has 0 amide bonds. The van der Waals surface area contributed by atoms with E-state index in [0.717, 1.165) is 59.3 Å². The van der Waals surface area contributed by atoms with Crippen LogP contribution in [0, 0.1) is 0 Å².